The topological polar surface area (TPSA) is 76.0 Å². The maximum Gasteiger partial charge on any atom is 0.174 e. The predicted molar refractivity (Wildman–Crippen MR) is 89.6 cm³/mol. The molecule has 124 valence electrons. The first-order chi connectivity index (χ1) is 11.6. The lowest BCUT2D eigenvalue weighted by molar-refractivity contribution is 0.0965. The van der Waals surface area contributed by atoms with Crippen molar-refractivity contribution in [3.8, 4) is 23.0 Å². The number of phenols is 2. The predicted octanol–water partition coefficient (Wildman–Crippen LogP) is 3.89. The molecule has 0 spiro atoms. The van der Waals surface area contributed by atoms with E-state index in [4.69, 9.17) is 9.47 Å². The van der Waals surface area contributed by atoms with E-state index in [9.17, 15) is 15.0 Å². The van der Waals surface area contributed by atoms with Gasteiger partial charge in [0.25, 0.3) is 0 Å². The number of carbonyl (C=O) groups is 1. The third-order valence-corrected chi connectivity index (χ3v) is 3.63. The van der Waals surface area contributed by atoms with Crippen molar-refractivity contribution in [1.29, 1.82) is 0 Å². The first kappa shape index (κ1) is 15.9. The van der Waals surface area contributed by atoms with Crippen LogP contribution in [0.4, 0.5) is 0 Å². The van der Waals surface area contributed by atoms with Gasteiger partial charge in [0.2, 0.25) is 0 Å². The van der Waals surface area contributed by atoms with Crippen LogP contribution < -0.4 is 9.47 Å². The second-order valence-corrected chi connectivity index (χ2v) is 5.57. The molecule has 0 saturated carbocycles. The number of hydrogen-bond donors (Lipinski definition) is 2. The Morgan fingerprint density at radius 3 is 2.75 bits per heavy atom. The van der Waals surface area contributed by atoms with E-state index in [0.717, 1.165) is 6.42 Å². The molecule has 1 aliphatic rings. The number of Topliss-reactive ketones (excluding diaryl/α,β-unsaturated/α-hetero) is 1. The summed E-state index contributed by atoms with van der Waals surface area (Å²) in [7, 11) is 0. The van der Waals surface area contributed by atoms with Crippen molar-refractivity contribution in [1.82, 2.24) is 0 Å². The van der Waals surface area contributed by atoms with E-state index >= 15 is 0 Å². The molecule has 24 heavy (non-hydrogen) atoms. The van der Waals surface area contributed by atoms with Gasteiger partial charge in [-0.15, -0.1) is 0 Å². The van der Waals surface area contributed by atoms with Crippen molar-refractivity contribution in [2.24, 2.45) is 0 Å². The number of ketones is 1. The van der Waals surface area contributed by atoms with Crippen molar-refractivity contribution >= 4 is 11.9 Å². The van der Waals surface area contributed by atoms with E-state index in [-0.39, 0.29) is 23.7 Å². The van der Waals surface area contributed by atoms with Crippen LogP contribution in [0.2, 0.25) is 0 Å². The highest BCUT2D eigenvalue weighted by Crippen LogP contribution is 2.34. The van der Waals surface area contributed by atoms with Crippen LogP contribution in [0.5, 0.6) is 23.0 Å². The fourth-order valence-corrected chi connectivity index (χ4v) is 2.45. The van der Waals surface area contributed by atoms with Crippen LogP contribution in [-0.2, 0) is 0 Å². The molecule has 0 fully saturated rings. The van der Waals surface area contributed by atoms with Gasteiger partial charge < -0.3 is 19.7 Å². The molecule has 1 aliphatic heterocycles. The fraction of sp³-hybridized carbons (Fsp3) is 0.211. The van der Waals surface area contributed by atoms with Gasteiger partial charge in [0, 0.05) is 6.07 Å². The molecule has 0 saturated heterocycles. The average Bonchev–Trinajstić information content (AvgIpc) is 2.56. The first-order valence-corrected chi connectivity index (χ1v) is 7.77. The molecule has 0 unspecified atom stereocenters. The zero-order valence-corrected chi connectivity index (χ0v) is 13.3. The van der Waals surface area contributed by atoms with Gasteiger partial charge in [-0.3, -0.25) is 4.79 Å². The molecular formula is C19H18O5. The summed E-state index contributed by atoms with van der Waals surface area (Å²) >= 11 is 0. The van der Waals surface area contributed by atoms with Crippen LogP contribution in [-0.4, -0.2) is 22.6 Å². The van der Waals surface area contributed by atoms with Gasteiger partial charge in [-0.05, 0) is 42.3 Å². The number of benzene rings is 2. The summed E-state index contributed by atoms with van der Waals surface area (Å²) < 4.78 is 11.4. The van der Waals surface area contributed by atoms with Gasteiger partial charge in [-0.25, -0.2) is 0 Å². The van der Waals surface area contributed by atoms with Gasteiger partial charge in [0.15, 0.2) is 17.3 Å². The largest absolute Gasteiger partial charge is 0.504 e. The summed E-state index contributed by atoms with van der Waals surface area (Å²) in [5, 5.41) is 18.9. The van der Waals surface area contributed by atoms with Crippen LogP contribution in [0, 0.1) is 0 Å². The summed E-state index contributed by atoms with van der Waals surface area (Å²) in [4.78, 5) is 12.3. The minimum Gasteiger partial charge on any atom is -0.504 e. The quantitative estimate of drug-likeness (QED) is 0.834. The standard InChI is InChI=1S/C19H18O5/c1-2-7-23-13-4-5-15-17(21)10-14(24-19(15)11-13)8-12-3-6-16(20)18(22)9-12/h3-6,8-9,11,20,22H,2,7,10H2,1H3. The van der Waals surface area contributed by atoms with Crippen molar-refractivity contribution in [2.45, 2.75) is 19.8 Å². The molecule has 0 amide bonds. The number of allylic oxidation sites excluding steroid dienone is 1. The highest BCUT2D eigenvalue weighted by Gasteiger charge is 2.23. The van der Waals surface area contributed by atoms with E-state index in [0.29, 0.717) is 35.0 Å². The molecule has 0 aliphatic carbocycles. The molecule has 5 nitrogen and oxygen atoms in total. The van der Waals surface area contributed by atoms with E-state index in [1.807, 2.05) is 6.92 Å². The van der Waals surface area contributed by atoms with Crippen molar-refractivity contribution in [3.05, 3.63) is 53.3 Å². The Morgan fingerprint density at radius 1 is 1.17 bits per heavy atom. The number of phenolic OH excluding ortho intramolecular Hbond substituents is 2. The third-order valence-electron chi connectivity index (χ3n) is 3.63. The molecule has 0 radical (unpaired) electrons. The molecule has 0 atom stereocenters. The summed E-state index contributed by atoms with van der Waals surface area (Å²) in [5.41, 5.74) is 1.17. The number of ether oxygens (including phenoxy) is 2. The molecule has 3 rings (SSSR count). The van der Waals surface area contributed by atoms with E-state index in [1.54, 1.807) is 30.3 Å². The van der Waals surface area contributed by atoms with Crippen molar-refractivity contribution in [3.63, 3.8) is 0 Å². The Bertz CT molecular complexity index is 807. The Morgan fingerprint density at radius 2 is 2.00 bits per heavy atom. The Balaban J connectivity index is 1.88. The van der Waals surface area contributed by atoms with Crippen LogP contribution >= 0.6 is 0 Å². The minimum absolute atomic E-state index is 0.0347. The lowest BCUT2D eigenvalue weighted by atomic mass is 10.0. The SMILES string of the molecule is CCCOc1ccc2c(c1)OC(=Cc1ccc(O)c(O)c1)CC2=O. The smallest absolute Gasteiger partial charge is 0.174 e. The molecule has 2 N–H and O–H groups in total. The maximum atomic E-state index is 12.3. The minimum atomic E-state index is -0.220. The molecule has 5 heteroatoms. The van der Waals surface area contributed by atoms with E-state index < -0.39 is 0 Å². The Labute approximate surface area is 139 Å². The monoisotopic (exact) mass is 326 g/mol. The van der Waals surface area contributed by atoms with Gasteiger partial charge in [-0.2, -0.15) is 0 Å². The molecule has 0 aromatic heterocycles. The number of fused-ring (bicyclic) bond motifs is 1. The highest BCUT2D eigenvalue weighted by molar-refractivity contribution is 6.01. The summed E-state index contributed by atoms with van der Waals surface area (Å²) in [6.45, 7) is 2.62. The number of aromatic hydroxyl groups is 2. The van der Waals surface area contributed by atoms with E-state index in [2.05, 4.69) is 0 Å². The summed E-state index contributed by atoms with van der Waals surface area (Å²) in [5.74, 6) is 1.15. The van der Waals surface area contributed by atoms with Crippen LogP contribution in [0.15, 0.2) is 42.2 Å². The zero-order valence-electron chi connectivity index (χ0n) is 13.3. The van der Waals surface area contributed by atoms with Gasteiger partial charge in [0.05, 0.1) is 18.6 Å². The normalized spacial score (nSPS) is 15.0. The lowest BCUT2D eigenvalue weighted by Crippen LogP contribution is -2.14. The molecule has 2 aromatic carbocycles. The third kappa shape index (κ3) is 3.35. The molecule has 1 heterocycles. The molecule has 0 bridgehead atoms. The molecular weight excluding hydrogens is 308 g/mol. The summed E-state index contributed by atoms with van der Waals surface area (Å²) in [6, 6.07) is 9.62. The maximum absolute atomic E-state index is 12.3. The van der Waals surface area contributed by atoms with E-state index in [1.165, 1.54) is 12.1 Å². The second kappa shape index (κ2) is 6.66. The lowest BCUT2D eigenvalue weighted by Gasteiger charge is -2.19. The highest BCUT2D eigenvalue weighted by atomic mass is 16.5. The van der Waals surface area contributed by atoms with Gasteiger partial charge >= 0.3 is 0 Å². The fourth-order valence-electron chi connectivity index (χ4n) is 2.45. The van der Waals surface area contributed by atoms with Crippen LogP contribution in [0.1, 0.15) is 35.7 Å². The second-order valence-electron chi connectivity index (χ2n) is 5.57. The average molecular weight is 326 g/mol. The zero-order chi connectivity index (χ0) is 17.1. The number of rotatable bonds is 4. The van der Waals surface area contributed by atoms with Crippen molar-refractivity contribution in [2.75, 3.05) is 6.61 Å². The number of carbonyl (C=O) groups excluding carboxylic acids is 1. The van der Waals surface area contributed by atoms with Crippen LogP contribution in [0.3, 0.4) is 0 Å². The van der Waals surface area contributed by atoms with Crippen molar-refractivity contribution < 1.29 is 24.5 Å². The Kier molecular flexibility index (Phi) is 4.42. The molecule has 2 aromatic rings. The van der Waals surface area contributed by atoms with Gasteiger partial charge in [-0.1, -0.05) is 13.0 Å². The summed E-state index contributed by atoms with van der Waals surface area (Å²) in [6.07, 6.45) is 2.70. The van der Waals surface area contributed by atoms with Crippen LogP contribution in [0.25, 0.3) is 6.08 Å². The number of hydrogen-bond acceptors (Lipinski definition) is 5. The first-order valence-electron chi connectivity index (χ1n) is 7.77. The Hall–Kier alpha value is -2.95. The van der Waals surface area contributed by atoms with Gasteiger partial charge in [0.1, 0.15) is 17.3 Å².